The van der Waals surface area contributed by atoms with Gasteiger partial charge in [-0.2, -0.15) is 0 Å². The van der Waals surface area contributed by atoms with Gasteiger partial charge in [-0.15, -0.1) is 22.9 Å². The van der Waals surface area contributed by atoms with Crippen LogP contribution in [0.1, 0.15) is 11.3 Å². The molecule has 0 radical (unpaired) electrons. The maximum Gasteiger partial charge on any atom is 0.181 e. The molecule has 2 rings (SSSR count). The zero-order chi connectivity index (χ0) is 10.1. The van der Waals surface area contributed by atoms with Crippen molar-refractivity contribution in [3.8, 4) is 10.6 Å². The Morgan fingerprint density at radius 2 is 2.43 bits per heavy atom. The zero-order valence-corrected chi connectivity index (χ0v) is 10.5. The largest absolute Gasteiger partial charge is 0.442 e. The molecule has 0 amide bonds. The maximum absolute atomic E-state index is 5.74. The first-order valence-corrected chi connectivity index (χ1v) is 6.11. The van der Waals surface area contributed by atoms with Gasteiger partial charge in [-0.3, -0.25) is 0 Å². The summed E-state index contributed by atoms with van der Waals surface area (Å²) in [6.07, 6.45) is 1.43. The number of halogens is 2. The van der Waals surface area contributed by atoms with E-state index in [9.17, 15) is 0 Å². The molecular formula is C9H7BrClNOS. The van der Waals surface area contributed by atoms with E-state index in [1.54, 1.807) is 11.3 Å². The number of aryl methyl sites for hydroxylation is 1. The van der Waals surface area contributed by atoms with Crippen LogP contribution in [0, 0.1) is 6.92 Å². The molecule has 0 bridgehead atoms. The Morgan fingerprint density at radius 1 is 1.64 bits per heavy atom. The molecule has 0 aromatic carbocycles. The summed E-state index contributed by atoms with van der Waals surface area (Å²) in [7, 11) is 0. The molecule has 2 aromatic rings. The molecule has 2 aromatic heterocycles. The second-order valence-electron chi connectivity index (χ2n) is 2.83. The number of thiophene rings is 1. The lowest BCUT2D eigenvalue weighted by Gasteiger charge is -1.91. The van der Waals surface area contributed by atoms with E-state index in [0.29, 0.717) is 5.88 Å². The first kappa shape index (κ1) is 10.2. The topological polar surface area (TPSA) is 26.0 Å². The summed E-state index contributed by atoms with van der Waals surface area (Å²) < 4.78 is 6.42. The van der Waals surface area contributed by atoms with Crippen LogP contribution in [0.5, 0.6) is 0 Å². The quantitative estimate of drug-likeness (QED) is 0.775. The standard InChI is InChI=1S/C9H7BrClNOS/c1-5-2-7(14-9(5)10)8-6(3-11)12-4-13-8/h2,4H,3H2,1H3. The van der Waals surface area contributed by atoms with Crippen molar-refractivity contribution in [3.05, 3.63) is 27.5 Å². The third-order valence-corrected chi connectivity index (χ3v) is 4.24. The molecule has 0 saturated heterocycles. The molecule has 0 unspecified atom stereocenters. The lowest BCUT2D eigenvalue weighted by atomic mass is 10.3. The molecule has 0 spiro atoms. The van der Waals surface area contributed by atoms with Crippen LogP contribution in [0.15, 0.2) is 20.7 Å². The third kappa shape index (κ3) is 1.74. The van der Waals surface area contributed by atoms with Gasteiger partial charge in [0.15, 0.2) is 12.2 Å². The average molecular weight is 293 g/mol. The Bertz CT molecular complexity index is 432. The van der Waals surface area contributed by atoms with Crippen molar-refractivity contribution >= 4 is 38.9 Å². The van der Waals surface area contributed by atoms with Crippen molar-refractivity contribution in [2.75, 3.05) is 0 Å². The third-order valence-electron chi connectivity index (χ3n) is 1.85. The highest BCUT2D eigenvalue weighted by atomic mass is 79.9. The lowest BCUT2D eigenvalue weighted by molar-refractivity contribution is 0.572. The van der Waals surface area contributed by atoms with Crippen LogP contribution < -0.4 is 0 Å². The van der Waals surface area contributed by atoms with Crippen molar-refractivity contribution in [2.24, 2.45) is 0 Å². The summed E-state index contributed by atoms with van der Waals surface area (Å²) in [6, 6.07) is 2.06. The van der Waals surface area contributed by atoms with Crippen molar-refractivity contribution < 1.29 is 4.42 Å². The number of nitrogens with zero attached hydrogens (tertiary/aromatic N) is 1. The summed E-state index contributed by atoms with van der Waals surface area (Å²) in [5.74, 6) is 1.15. The van der Waals surface area contributed by atoms with E-state index in [0.717, 1.165) is 20.1 Å². The number of rotatable bonds is 2. The Labute approximate surface area is 99.0 Å². The minimum Gasteiger partial charge on any atom is -0.442 e. The molecule has 2 heterocycles. The van der Waals surface area contributed by atoms with E-state index in [1.165, 1.54) is 12.0 Å². The van der Waals surface area contributed by atoms with Crippen LogP contribution in [0.4, 0.5) is 0 Å². The molecule has 0 fully saturated rings. The molecule has 0 saturated carbocycles. The summed E-state index contributed by atoms with van der Waals surface area (Å²) in [5, 5.41) is 0. The van der Waals surface area contributed by atoms with E-state index in [1.807, 2.05) is 6.92 Å². The van der Waals surface area contributed by atoms with Gasteiger partial charge in [-0.25, -0.2) is 4.98 Å². The van der Waals surface area contributed by atoms with E-state index in [4.69, 9.17) is 16.0 Å². The molecular weight excluding hydrogens is 286 g/mol. The predicted molar refractivity (Wildman–Crippen MR) is 61.8 cm³/mol. The van der Waals surface area contributed by atoms with Gasteiger partial charge in [0.2, 0.25) is 0 Å². The summed E-state index contributed by atoms with van der Waals surface area (Å²) in [6.45, 7) is 2.04. The van der Waals surface area contributed by atoms with Crippen LogP contribution in [0.25, 0.3) is 10.6 Å². The minimum atomic E-state index is 0.375. The molecule has 0 aliphatic rings. The first-order valence-electron chi connectivity index (χ1n) is 3.97. The monoisotopic (exact) mass is 291 g/mol. The lowest BCUT2D eigenvalue weighted by Crippen LogP contribution is -1.79. The van der Waals surface area contributed by atoms with Crippen LogP contribution >= 0.6 is 38.9 Å². The Morgan fingerprint density at radius 3 is 3.00 bits per heavy atom. The minimum absolute atomic E-state index is 0.375. The fraction of sp³-hybridized carbons (Fsp3) is 0.222. The molecule has 0 N–H and O–H groups in total. The van der Waals surface area contributed by atoms with Crippen molar-refractivity contribution in [3.63, 3.8) is 0 Å². The number of oxazole rings is 1. The van der Waals surface area contributed by atoms with Crippen LogP contribution in [-0.4, -0.2) is 4.98 Å². The molecule has 0 atom stereocenters. The van der Waals surface area contributed by atoms with Crippen molar-refractivity contribution in [2.45, 2.75) is 12.8 Å². The average Bonchev–Trinajstić information content (AvgIpc) is 2.73. The van der Waals surface area contributed by atoms with Gasteiger partial charge < -0.3 is 4.42 Å². The van der Waals surface area contributed by atoms with Gasteiger partial charge in [0.25, 0.3) is 0 Å². The summed E-state index contributed by atoms with van der Waals surface area (Å²) >= 11 is 10.8. The highest BCUT2D eigenvalue weighted by Gasteiger charge is 2.13. The van der Waals surface area contributed by atoms with Crippen LogP contribution in [-0.2, 0) is 5.88 Å². The second kappa shape index (κ2) is 4.04. The predicted octanol–water partition coefficient (Wildman–Crippen LogP) is 4.21. The number of aromatic nitrogens is 1. The van der Waals surface area contributed by atoms with E-state index in [2.05, 4.69) is 27.0 Å². The van der Waals surface area contributed by atoms with Gasteiger partial charge in [0.1, 0.15) is 5.69 Å². The highest BCUT2D eigenvalue weighted by molar-refractivity contribution is 9.11. The van der Waals surface area contributed by atoms with Crippen molar-refractivity contribution in [1.82, 2.24) is 4.98 Å². The molecule has 0 aliphatic heterocycles. The van der Waals surface area contributed by atoms with Gasteiger partial charge in [-0.05, 0) is 34.5 Å². The van der Waals surface area contributed by atoms with Gasteiger partial charge in [0.05, 0.1) is 14.5 Å². The molecule has 0 aliphatic carbocycles. The smallest absolute Gasteiger partial charge is 0.181 e. The second-order valence-corrected chi connectivity index (χ2v) is 5.47. The fourth-order valence-corrected chi connectivity index (χ4v) is 2.87. The summed E-state index contributed by atoms with van der Waals surface area (Å²) in [5.41, 5.74) is 1.99. The highest BCUT2D eigenvalue weighted by Crippen LogP contribution is 2.36. The number of alkyl halides is 1. The Hall–Kier alpha value is -0.320. The van der Waals surface area contributed by atoms with Crippen LogP contribution in [0.3, 0.4) is 0 Å². The summed E-state index contributed by atoms with van der Waals surface area (Å²) in [4.78, 5) is 5.10. The molecule has 14 heavy (non-hydrogen) atoms. The van der Waals surface area contributed by atoms with Gasteiger partial charge in [-0.1, -0.05) is 0 Å². The van der Waals surface area contributed by atoms with E-state index in [-0.39, 0.29) is 0 Å². The molecule has 2 nitrogen and oxygen atoms in total. The maximum atomic E-state index is 5.74. The normalized spacial score (nSPS) is 10.8. The van der Waals surface area contributed by atoms with Crippen molar-refractivity contribution in [1.29, 1.82) is 0 Å². The van der Waals surface area contributed by atoms with Gasteiger partial charge in [0, 0.05) is 0 Å². The van der Waals surface area contributed by atoms with E-state index >= 15 is 0 Å². The number of hydrogen-bond donors (Lipinski definition) is 0. The molecule has 5 heteroatoms. The Kier molecular flexibility index (Phi) is 2.95. The number of hydrogen-bond acceptors (Lipinski definition) is 3. The van der Waals surface area contributed by atoms with Gasteiger partial charge >= 0.3 is 0 Å². The fourth-order valence-electron chi connectivity index (χ4n) is 1.14. The van der Waals surface area contributed by atoms with E-state index < -0.39 is 0 Å². The Balaban J connectivity index is 2.49. The zero-order valence-electron chi connectivity index (χ0n) is 7.38. The van der Waals surface area contributed by atoms with Crippen LogP contribution in [0.2, 0.25) is 0 Å². The SMILES string of the molecule is Cc1cc(-c2ocnc2CCl)sc1Br. The molecule has 74 valence electrons. The first-order chi connectivity index (χ1) is 6.72.